The highest BCUT2D eigenvalue weighted by molar-refractivity contribution is 5.89. The molecule has 4 aliphatic rings. The van der Waals surface area contributed by atoms with Crippen LogP contribution in [-0.2, 0) is 52.4 Å². The SMILES string of the molecule is CCCCCCCC(=O)O[C@@H]1[C@@H](O)/C(C)=C\[C@@H]2OC(=O)[C@]3(C)O[C@]23[C@@H](OC(C)=O)[C@H]2[C@](C)(O)[C@H](OC(C)=O)C=C[C@]2(C)[C@H]1OC(C)=O. The predicted octanol–water partition coefficient (Wildman–Crippen LogP) is 2.77. The van der Waals surface area contributed by atoms with Crippen molar-refractivity contribution in [3.8, 4) is 0 Å². The van der Waals surface area contributed by atoms with Crippen molar-refractivity contribution in [1.29, 1.82) is 0 Å². The highest BCUT2D eigenvalue weighted by Crippen LogP contribution is 2.65. The first-order chi connectivity index (χ1) is 21.9. The van der Waals surface area contributed by atoms with E-state index in [-0.39, 0.29) is 12.0 Å². The van der Waals surface area contributed by atoms with Crippen LogP contribution < -0.4 is 0 Å². The smallest absolute Gasteiger partial charge is 0.342 e. The van der Waals surface area contributed by atoms with E-state index < -0.39 is 94.6 Å². The Morgan fingerprint density at radius 3 is 2.06 bits per heavy atom. The number of epoxide rings is 1. The van der Waals surface area contributed by atoms with Gasteiger partial charge in [0, 0.05) is 38.5 Å². The monoisotopic (exact) mass is 664 g/mol. The molecule has 0 amide bonds. The molecule has 0 bridgehead atoms. The van der Waals surface area contributed by atoms with Crippen LogP contribution in [0.1, 0.15) is 93.9 Å². The van der Waals surface area contributed by atoms with Crippen molar-refractivity contribution in [3.05, 3.63) is 23.8 Å². The molecule has 13 heteroatoms. The van der Waals surface area contributed by atoms with E-state index in [1.807, 2.05) is 0 Å². The van der Waals surface area contributed by atoms with Gasteiger partial charge in [0.2, 0.25) is 0 Å². The Morgan fingerprint density at radius 1 is 0.894 bits per heavy atom. The summed E-state index contributed by atoms with van der Waals surface area (Å²) >= 11 is 0. The zero-order chi connectivity index (χ0) is 35.1. The van der Waals surface area contributed by atoms with Crippen LogP contribution in [0.3, 0.4) is 0 Å². The van der Waals surface area contributed by atoms with E-state index in [2.05, 4.69) is 6.92 Å². The Labute approximate surface area is 274 Å². The van der Waals surface area contributed by atoms with Crippen molar-refractivity contribution in [1.82, 2.24) is 0 Å². The van der Waals surface area contributed by atoms with Crippen LogP contribution in [0.15, 0.2) is 23.8 Å². The van der Waals surface area contributed by atoms with Gasteiger partial charge in [-0.3, -0.25) is 19.2 Å². The summed E-state index contributed by atoms with van der Waals surface area (Å²) in [5.74, 6) is -5.08. The lowest BCUT2D eigenvalue weighted by atomic mass is 9.55. The third-order valence-corrected chi connectivity index (χ3v) is 10.1. The number of carbonyl (C=O) groups is 5. The van der Waals surface area contributed by atoms with Gasteiger partial charge in [-0.2, -0.15) is 0 Å². The molecule has 13 nitrogen and oxygen atoms in total. The average Bonchev–Trinajstić information content (AvgIpc) is 3.55. The first kappa shape index (κ1) is 36.5. The van der Waals surface area contributed by atoms with Crippen molar-refractivity contribution >= 4 is 29.8 Å². The molecule has 0 radical (unpaired) electrons. The van der Waals surface area contributed by atoms with Gasteiger partial charge >= 0.3 is 29.8 Å². The average molecular weight is 665 g/mol. The topological polar surface area (TPSA) is 184 Å². The lowest BCUT2D eigenvalue weighted by molar-refractivity contribution is -0.232. The van der Waals surface area contributed by atoms with Crippen LogP contribution in [-0.4, -0.2) is 93.5 Å². The van der Waals surface area contributed by atoms with Gasteiger partial charge < -0.3 is 38.6 Å². The number of rotatable bonds is 10. The number of fused-ring (bicyclic) bond motifs is 1. The molecule has 2 N–H and O–H groups in total. The molecule has 2 aliphatic carbocycles. The number of ether oxygens (including phenoxy) is 6. The summed E-state index contributed by atoms with van der Waals surface area (Å²) in [6.07, 6.45) is 0.0827. The molecule has 4 rings (SSSR count). The van der Waals surface area contributed by atoms with Gasteiger partial charge in [-0.1, -0.05) is 45.6 Å². The van der Waals surface area contributed by atoms with Gasteiger partial charge in [0.15, 0.2) is 29.5 Å². The molecule has 2 saturated heterocycles. The molecule has 2 heterocycles. The quantitative estimate of drug-likeness (QED) is 0.114. The maximum absolute atomic E-state index is 13.3. The van der Waals surface area contributed by atoms with Crippen LogP contribution in [0.4, 0.5) is 0 Å². The number of aliphatic hydroxyl groups is 2. The molecule has 262 valence electrons. The van der Waals surface area contributed by atoms with Gasteiger partial charge in [-0.15, -0.1) is 0 Å². The normalized spacial score (nSPS) is 41.5. The number of hydrogen-bond acceptors (Lipinski definition) is 13. The highest BCUT2D eigenvalue weighted by Gasteiger charge is 2.88. The summed E-state index contributed by atoms with van der Waals surface area (Å²) in [6.45, 7) is 11.5. The summed E-state index contributed by atoms with van der Waals surface area (Å²) in [7, 11) is 0. The molecule has 0 aromatic heterocycles. The fraction of sp³-hybridized carbons (Fsp3) is 0.735. The van der Waals surface area contributed by atoms with Crippen LogP contribution in [0.2, 0.25) is 0 Å². The Bertz CT molecular complexity index is 1330. The van der Waals surface area contributed by atoms with Crippen molar-refractivity contribution in [2.24, 2.45) is 11.3 Å². The van der Waals surface area contributed by atoms with E-state index >= 15 is 0 Å². The number of unbranched alkanes of at least 4 members (excludes halogenated alkanes) is 4. The molecule has 0 aromatic carbocycles. The second-order valence-electron chi connectivity index (χ2n) is 13.7. The van der Waals surface area contributed by atoms with E-state index in [0.717, 1.165) is 46.5 Å². The maximum Gasteiger partial charge on any atom is 0.342 e. The molecule has 2 aliphatic heterocycles. The van der Waals surface area contributed by atoms with E-state index in [9.17, 15) is 34.2 Å². The molecule has 0 saturated carbocycles. The summed E-state index contributed by atoms with van der Waals surface area (Å²) in [5, 5.41) is 24.2. The Balaban J connectivity index is 1.96. The van der Waals surface area contributed by atoms with E-state index in [1.165, 1.54) is 39.0 Å². The summed E-state index contributed by atoms with van der Waals surface area (Å²) in [4.78, 5) is 64.3. The predicted molar refractivity (Wildman–Crippen MR) is 163 cm³/mol. The second-order valence-corrected chi connectivity index (χ2v) is 13.7. The van der Waals surface area contributed by atoms with Crippen LogP contribution in [0.25, 0.3) is 0 Å². The van der Waals surface area contributed by atoms with Crippen molar-refractivity contribution in [2.75, 3.05) is 0 Å². The standard InChI is InChI=1S/C34H48O13/c1-9-10-11-12-13-14-24(38)46-26-25(39)18(2)17-23-34(33(8,47-34)30(40)45-23)29(44-21(5)37)27-31(6,28(26)43-20(4)36)16-15-22(32(27,7)41)42-19(3)35/h15-17,22-23,25-29,39,41H,9-14H2,1-8H3/b18-17-/t22-,23+,25+,26-,27-,28+,29+,31+,32-,33+,34+/m1/s1. The molecule has 2 fully saturated rings. The number of aliphatic hydroxyl groups excluding tert-OH is 1. The zero-order valence-electron chi connectivity index (χ0n) is 28.4. The Hall–Kier alpha value is -3.29. The minimum absolute atomic E-state index is 0.0380. The van der Waals surface area contributed by atoms with Crippen LogP contribution in [0.5, 0.6) is 0 Å². The summed E-state index contributed by atoms with van der Waals surface area (Å²) in [5.41, 5.74) is -6.86. The third kappa shape index (κ3) is 6.46. The molecule has 0 unspecified atom stereocenters. The summed E-state index contributed by atoms with van der Waals surface area (Å²) < 4.78 is 35.2. The zero-order valence-corrected chi connectivity index (χ0v) is 28.4. The summed E-state index contributed by atoms with van der Waals surface area (Å²) in [6, 6.07) is 0. The third-order valence-electron chi connectivity index (χ3n) is 10.1. The Kier molecular flexibility index (Phi) is 10.4. The van der Waals surface area contributed by atoms with Crippen molar-refractivity contribution < 1.29 is 62.6 Å². The molecule has 47 heavy (non-hydrogen) atoms. The molecule has 1 spiro atoms. The van der Waals surface area contributed by atoms with Crippen molar-refractivity contribution in [2.45, 2.75) is 147 Å². The van der Waals surface area contributed by atoms with Gasteiger partial charge in [-0.25, -0.2) is 4.79 Å². The second kappa shape index (κ2) is 13.3. The number of hydrogen-bond donors (Lipinski definition) is 2. The lowest BCUT2D eigenvalue weighted by Crippen LogP contribution is -2.69. The van der Waals surface area contributed by atoms with Gasteiger partial charge in [0.05, 0.1) is 0 Å². The van der Waals surface area contributed by atoms with E-state index in [1.54, 1.807) is 6.92 Å². The van der Waals surface area contributed by atoms with Crippen LogP contribution >= 0.6 is 0 Å². The fourth-order valence-corrected chi connectivity index (χ4v) is 7.73. The number of esters is 5. The minimum atomic E-state index is -2.10. The molecule has 0 aromatic rings. The van der Waals surface area contributed by atoms with Gasteiger partial charge in [0.1, 0.15) is 23.9 Å². The Morgan fingerprint density at radius 2 is 1.49 bits per heavy atom. The fourth-order valence-electron chi connectivity index (χ4n) is 7.73. The number of carbonyl (C=O) groups excluding carboxylic acids is 5. The van der Waals surface area contributed by atoms with Gasteiger partial charge in [-0.05, 0) is 44.9 Å². The van der Waals surface area contributed by atoms with Gasteiger partial charge in [0.25, 0.3) is 0 Å². The lowest BCUT2D eigenvalue weighted by Gasteiger charge is -2.56. The largest absolute Gasteiger partial charge is 0.459 e. The minimum Gasteiger partial charge on any atom is -0.459 e. The highest BCUT2D eigenvalue weighted by atomic mass is 16.7. The van der Waals surface area contributed by atoms with E-state index in [0.29, 0.717) is 6.42 Å². The molecular formula is C34H48O13. The first-order valence-corrected chi connectivity index (χ1v) is 16.3. The van der Waals surface area contributed by atoms with Crippen molar-refractivity contribution in [3.63, 3.8) is 0 Å². The maximum atomic E-state index is 13.3. The van der Waals surface area contributed by atoms with Crippen LogP contribution in [0, 0.1) is 11.3 Å². The molecular weight excluding hydrogens is 616 g/mol. The first-order valence-electron chi connectivity index (χ1n) is 16.3. The molecule has 11 atom stereocenters. The van der Waals surface area contributed by atoms with E-state index in [4.69, 9.17) is 28.4 Å².